The Kier molecular flexibility index (Phi) is 8.34. The third kappa shape index (κ3) is 5.58. The normalized spacial score (nSPS) is 14.8. The summed E-state index contributed by atoms with van der Waals surface area (Å²) in [7, 11) is -3.66. The van der Waals surface area contributed by atoms with Crippen LogP contribution in [0.25, 0.3) is 66.7 Å². The molecule has 2 aromatic heterocycles. The van der Waals surface area contributed by atoms with Gasteiger partial charge in [0, 0.05) is 39.1 Å². The standard InChI is InChI=1S/C55H38N5OP/c61-62(46-33-29-39(30-34-46)55-56-49-26-14-16-28-52(49)58(55)43-19-7-2-8-20-43)59(44-21-9-3-10-22-44)53-36-32-41(38-54(53)60(62)45-23-11-4-12-24-45)40-31-35-51-48(37-40)47-25-13-15-27-50(47)57(51)42-17-5-1-6-18-42/h1-38H. The highest BCUT2D eigenvalue weighted by atomic mass is 31.2. The highest BCUT2D eigenvalue weighted by molar-refractivity contribution is 7.76. The Balaban J connectivity index is 1.03. The summed E-state index contributed by atoms with van der Waals surface area (Å²) in [5.41, 5.74) is 12.9. The zero-order chi connectivity index (χ0) is 41.2. The molecule has 1 atom stereocenters. The Morgan fingerprint density at radius 1 is 0.355 bits per heavy atom. The first kappa shape index (κ1) is 36.0. The number of nitrogens with zero attached hydrogens (tertiary/aromatic N) is 5. The molecule has 1 unspecified atom stereocenters. The van der Waals surface area contributed by atoms with Crippen LogP contribution >= 0.6 is 7.44 Å². The molecular formula is C55H38N5OP. The number of hydrogen-bond acceptors (Lipinski definition) is 2. The molecule has 0 spiro atoms. The summed E-state index contributed by atoms with van der Waals surface area (Å²) in [6.45, 7) is 0. The van der Waals surface area contributed by atoms with Crippen molar-refractivity contribution in [2.45, 2.75) is 0 Å². The average Bonchev–Trinajstić information content (AvgIpc) is 3.98. The van der Waals surface area contributed by atoms with E-state index in [1.807, 2.05) is 97.1 Å². The highest BCUT2D eigenvalue weighted by Crippen LogP contribution is 2.70. The highest BCUT2D eigenvalue weighted by Gasteiger charge is 2.49. The number of para-hydroxylation sites is 7. The molecule has 9 aromatic carbocycles. The van der Waals surface area contributed by atoms with Gasteiger partial charge in [0.25, 0.3) is 0 Å². The second-order valence-corrected chi connectivity index (χ2v) is 18.0. The second-order valence-electron chi connectivity index (χ2n) is 15.6. The molecule has 7 heteroatoms. The van der Waals surface area contributed by atoms with E-state index >= 15 is 4.57 Å². The van der Waals surface area contributed by atoms with Gasteiger partial charge in [-0.15, -0.1) is 0 Å². The number of anilines is 4. The van der Waals surface area contributed by atoms with Crippen LogP contribution in [0, 0.1) is 0 Å². The summed E-state index contributed by atoms with van der Waals surface area (Å²) in [4.78, 5) is 5.12. The van der Waals surface area contributed by atoms with Gasteiger partial charge in [0.05, 0.1) is 38.7 Å². The van der Waals surface area contributed by atoms with Gasteiger partial charge in [-0.1, -0.05) is 127 Å². The van der Waals surface area contributed by atoms with Crippen LogP contribution in [0.5, 0.6) is 0 Å². The van der Waals surface area contributed by atoms with E-state index in [4.69, 9.17) is 4.98 Å². The first-order chi connectivity index (χ1) is 30.6. The fraction of sp³-hybridized carbons (Fsp3) is 0. The molecule has 62 heavy (non-hydrogen) atoms. The van der Waals surface area contributed by atoms with E-state index in [1.54, 1.807) is 0 Å². The third-order valence-corrected chi connectivity index (χ3v) is 15.0. The van der Waals surface area contributed by atoms with Crippen LogP contribution in [-0.2, 0) is 4.57 Å². The molecule has 6 nitrogen and oxygen atoms in total. The van der Waals surface area contributed by atoms with Crippen molar-refractivity contribution in [1.29, 1.82) is 0 Å². The number of hydrogen-bond donors (Lipinski definition) is 0. The molecule has 3 heterocycles. The van der Waals surface area contributed by atoms with Crippen LogP contribution in [-0.4, -0.2) is 14.1 Å². The van der Waals surface area contributed by atoms with E-state index < -0.39 is 7.44 Å². The molecule has 11 aromatic rings. The van der Waals surface area contributed by atoms with E-state index in [2.05, 4.69) is 152 Å². The van der Waals surface area contributed by atoms with Gasteiger partial charge >= 0.3 is 7.44 Å². The number of fused-ring (bicyclic) bond motifs is 5. The molecule has 0 fully saturated rings. The molecule has 294 valence electrons. The molecule has 1 aliphatic rings. The van der Waals surface area contributed by atoms with Gasteiger partial charge in [0.15, 0.2) is 0 Å². The maximum Gasteiger partial charge on any atom is 0.301 e. The molecule has 0 N–H and O–H groups in total. The smallest absolute Gasteiger partial charge is 0.301 e. The maximum atomic E-state index is 16.7. The molecule has 0 amide bonds. The van der Waals surface area contributed by atoms with Crippen molar-refractivity contribution in [3.63, 3.8) is 0 Å². The molecule has 0 radical (unpaired) electrons. The van der Waals surface area contributed by atoms with E-state index in [-0.39, 0.29) is 0 Å². The molecular weight excluding hydrogens is 778 g/mol. The van der Waals surface area contributed by atoms with Gasteiger partial charge in [0.2, 0.25) is 0 Å². The van der Waals surface area contributed by atoms with Gasteiger partial charge in [0.1, 0.15) is 5.82 Å². The number of aromatic nitrogens is 3. The van der Waals surface area contributed by atoms with Crippen LogP contribution < -0.4 is 14.6 Å². The number of benzene rings is 9. The zero-order valence-corrected chi connectivity index (χ0v) is 34.4. The van der Waals surface area contributed by atoms with Gasteiger partial charge < -0.3 is 4.57 Å². The summed E-state index contributed by atoms with van der Waals surface area (Å²) in [5, 5.41) is 3.09. The maximum absolute atomic E-state index is 16.7. The summed E-state index contributed by atoms with van der Waals surface area (Å²) >= 11 is 0. The predicted molar refractivity (Wildman–Crippen MR) is 257 cm³/mol. The summed E-state index contributed by atoms with van der Waals surface area (Å²) in [6, 6.07) is 79.4. The number of imidazole rings is 1. The lowest BCUT2D eigenvalue weighted by molar-refractivity contribution is 0.582. The van der Waals surface area contributed by atoms with E-state index in [0.29, 0.717) is 5.30 Å². The SMILES string of the molecule is O=P1(c2ccc(-c3nc4ccccc4n3-c3ccccc3)cc2)N(c2ccccc2)c2ccc(-c3ccc4c(c3)c3ccccc3n4-c3ccccc3)cc2N1c1ccccc1. The summed E-state index contributed by atoms with van der Waals surface area (Å²) in [6.07, 6.45) is 0. The lowest BCUT2D eigenvalue weighted by Gasteiger charge is -2.33. The topological polar surface area (TPSA) is 46.3 Å². The number of rotatable bonds is 7. The van der Waals surface area contributed by atoms with Gasteiger partial charge in [-0.3, -0.25) is 18.5 Å². The Labute approximate surface area is 359 Å². The molecule has 1 aliphatic heterocycles. The predicted octanol–water partition coefficient (Wildman–Crippen LogP) is 14.3. The molecule has 0 saturated heterocycles. The first-order valence-electron chi connectivity index (χ1n) is 20.8. The summed E-state index contributed by atoms with van der Waals surface area (Å²) in [5.74, 6) is 0.824. The average molecular weight is 816 g/mol. The van der Waals surface area contributed by atoms with Crippen molar-refractivity contribution in [3.05, 3.63) is 231 Å². The Bertz CT molecular complexity index is 3490. The fourth-order valence-corrected chi connectivity index (χ4v) is 12.2. The van der Waals surface area contributed by atoms with E-state index in [0.717, 1.165) is 78.7 Å². The van der Waals surface area contributed by atoms with Gasteiger partial charge in [-0.2, -0.15) is 0 Å². The molecule has 0 aliphatic carbocycles. The lowest BCUT2D eigenvalue weighted by atomic mass is 10.0. The van der Waals surface area contributed by atoms with Crippen molar-refractivity contribution in [2.75, 3.05) is 9.34 Å². The second kappa shape index (κ2) is 14.4. The van der Waals surface area contributed by atoms with Crippen molar-refractivity contribution in [2.24, 2.45) is 0 Å². The molecule has 12 rings (SSSR count). The van der Waals surface area contributed by atoms with Crippen molar-refractivity contribution < 1.29 is 4.57 Å². The third-order valence-electron chi connectivity index (χ3n) is 12.0. The van der Waals surface area contributed by atoms with Crippen molar-refractivity contribution in [1.82, 2.24) is 14.1 Å². The minimum absolute atomic E-state index is 0.712. The van der Waals surface area contributed by atoms with Crippen LogP contribution in [0.4, 0.5) is 22.7 Å². The van der Waals surface area contributed by atoms with Crippen molar-refractivity contribution >= 4 is 68.3 Å². The van der Waals surface area contributed by atoms with Crippen LogP contribution in [0.15, 0.2) is 231 Å². The Hall–Kier alpha value is -7.92. The Morgan fingerprint density at radius 2 is 0.839 bits per heavy atom. The van der Waals surface area contributed by atoms with Gasteiger partial charge in [-0.05, 0) is 114 Å². The van der Waals surface area contributed by atoms with Crippen molar-refractivity contribution in [3.8, 4) is 33.9 Å². The zero-order valence-electron chi connectivity index (χ0n) is 33.5. The fourth-order valence-electron chi connectivity index (χ4n) is 9.26. The molecule has 0 saturated carbocycles. The monoisotopic (exact) mass is 815 g/mol. The summed E-state index contributed by atoms with van der Waals surface area (Å²) < 4.78 is 25.4. The molecule has 0 bridgehead atoms. The van der Waals surface area contributed by atoms with Gasteiger partial charge in [-0.25, -0.2) is 4.98 Å². The lowest BCUT2D eigenvalue weighted by Crippen LogP contribution is -2.26. The van der Waals surface area contributed by atoms with Crippen LogP contribution in [0.2, 0.25) is 0 Å². The van der Waals surface area contributed by atoms with E-state index in [1.165, 1.54) is 10.8 Å². The van der Waals surface area contributed by atoms with E-state index in [9.17, 15) is 0 Å². The first-order valence-corrected chi connectivity index (χ1v) is 22.4. The van der Waals surface area contributed by atoms with Crippen LogP contribution in [0.1, 0.15) is 0 Å². The largest absolute Gasteiger partial charge is 0.309 e. The quantitative estimate of drug-likeness (QED) is 0.150. The minimum Gasteiger partial charge on any atom is -0.309 e. The minimum atomic E-state index is -3.66. The van der Waals surface area contributed by atoms with Crippen LogP contribution in [0.3, 0.4) is 0 Å². The Morgan fingerprint density at radius 3 is 1.50 bits per heavy atom.